The summed E-state index contributed by atoms with van der Waals surface area (Å²) in [6.07, 6.45) is 2.15. The molecule has 1 saturated heterocycles. The first-order valence-corrected chi connectivity index (χ1v) is 12.8. The maximum absolute atomic E-state index is 13.7. The fraction of sp³-hybridized carbons (Fsp3) is 0.200. The third-order valence-corrected chi connectivity index (χ3v) is 9.59. The van der Waals surface area contributed by atoms with Crippen molar-refractivity contribution in [1.29, 1.82) is 0 Å². The van der Waals surface area contributed by atoms with E-state index in [0.717, 1.165) is 34.9 Å². The van der Waals surface area contributed by atoms with E-state index in [1.807, 2.05) is 30.3 Å². The van der Waals surface area contributed by atoms with Gasteiger partial charge in [-0.3, -0.25) is 0 Å². The van der Waals surface area contributed by atoms with Crippen molar-refractivity contribution in [3.05, 3.63) is 89.5 Å². The summed E-state index contributed by atoms with van der Waals surface area (Å²) in [6.45, 7) is 0.535. The van der Waals surface area contributed by atoms with Crippen LogP contribution in [0.15, 0.2) is 77.7 Å². The lowest BCUT2D eigenvalue weighted by molar-refractivity contribution is 0.435. The number of thioether (sulfide) groups is 1. The molecule has 3 nitrogen and oxygen atoms in total. The predicted molar refractivity (Wildman–Crippen MR) is 124 cm³/mol. The zero-order chi connectivity index (χ0) is 20.3. The van der Waals surface area contributed by atoms with Gasteiger partial charge in [0, 0.05) is 12.3 Å². The van der Waals surface area contributed by atoms with Crippen molar-refractivity contribution in [1.82, 2.24) is 4.31 Å². The molecule has 0 spiro atoms. The minimum Gasteiger partial charge on any atom is -0.207 e. The fourth-order valence-electron chi connectivity index (χ4n) is 4.89. The molecule has 1 atom stereocenters. The number of sulfonamides is 1. The molecule has 0 saturated carbocycles. The number of nitrogens with zero attached hydrogens (tertiary/aromatic N) is 1. The molecule has 1 fully saturated rings. The Labute approximate surface area is 180 Å². The Morgan fingerprint density at radius 1 is 0.833 bits per heavy atom. The SMILES string of the molecule is O=S(=O)(c1ccc2ccccc2c1)N1CCS[C@@H]1c1ccc2c3c(cccc13)CC2. The van der Waals surface area contributed by atoms with E-state index in [0.29, 0.717) is 11.4 Å². The Balaban J connectivity index is 1.46. The van der Waals surface area contributed by atoms with E-state index in [-0.39, 0.29) is 5.37 Å². The van der Waals surface area contributed by atoms with Crippen molar-refractivity contribution in [2.45, 2.75) is 23.1 Å². The number of aryl methyl sites for hydroxylation is 2. The zero-order valence-corrected chi connectivity index (χ0v) is 18.0. The van der Waals surface area contributed by atoms with Crippen LogP contribution in [0, 0.1) is 0 Å². The Morgan fingerprint density at radius 3 is 2.50 bits per heavy atom. The Morgan fingerprint density at radius 2 is 1.63 bits per heavy atom. The molecule has 5 heteroatoms. The van der Waals surface area contributed by atoms with Gasteiger partial charge in [0.25, 0.3) is 0 Å². The van der Waals surface area contributed by atoms with Gasteiger partial charge in [-0.1, -0.05) is 60.7 Å². The molecule has 4 aromatic rings. The van der Waals surface area contributed by atoms with Gasteiger partial charge in [0.1, 0.15) is 0 Å². The van der Waals surface area contributed by atoms with Gasteiger partial charge in [0.2, 0.25) is 10.0 Å². The lowest BCUT2D eigenvalue weighted by atomic mass is 10.00. The van der Waals surface area contributed by atoms with Gasteiger partial charge >= 0.3 is 0 Å². The number of fused-ring (bicyclic) bond motifs is 1. The second-order valence-electron chi connectivity index (χ2n) is 8.00. The second-order valence-corrected chi connectivity index (χ2v) is 11.1. The molecule has 1 aliphatic carbocycles. The quantitative estimate of drug-likeness (QED) is 0.428. The van der Waals surface area contributed by atoms with E-state index < -0.39 is 10.0 Å². The monoisotopic (exact) mass is 431 g/mol. The van der Waals surface area contributed by atoms with Crippen LogP contribution in [-0.2, 0) is 22.9 Å². The minimum absolute atomic E-state index is 0.189. The standard InChI is InChI=1S/C25H21NO2S2/c27-30(28,21-12-10-17-4-1-2-5-20(17)16-21)26-14-15-29-25(26)23-13-11-19-9-8-18-6-3-7-22(23)24(18)19/h1-7,10-13,16,25H,8-9,14-15H2/t25-/m1/s1. The molecule has 2 aliphatic rings. The lowest BCUT2D eigenvalue weighted by Gasteiger charge is -2.25. The third-order valence-electron chi connectivity index (χ3n) is 6.35. The third kappa shape index (κ3) is 2.73. The Bertz CT molecular complexity index is 1400. The highest BCUT2D eigenvalue weighted by Gasteiger charge is 2.38. The molecule has 0 aromatic heterocycles. The second kappa shape index (κ2) is 6.84. The first-order chi connectivity index (χ1) is 14.6. The van der Waals surface area contributed by atoms with E-state index in [1.165, 1.54) is 21.9 Å². The van der Waals surface area contributed by atoms with Gasteiger partial charge in [-0.25, -0.2) is 8.42 Å². The fourth-order valence-corrected chi connectivity index (χ4v) is 8.20. The van der Waals surface area contributed by atoms with E-state index in [1.54, 1.807) is 28.2 Å². The summed E-state index contributed by atoms with van der Waals surface area (Å²) in [5, 5.41) is 4.36. The van der Waals surface area contributed by atoms with Crippen molar-refractivity contribution in [2.24, 2.45) is 0 Å². The molecule has 150 valence electrons. The molecule has 6 rings (SSSR count). The van der Waals surface area contributed by atoms with E-state index in [2.05, 4.69) is 30.3 Å². The average molecular weight is 432 g/mol. The molecule has 0 radical (unpaired) electrons. The van der Waals surface area contributed by atoms with Crippen molar-refractivity contribution in [3.63, 3.8) is 0 Å². The first kappa shape index (κ1) is 18.4. The predicted octanol–water partition coefficient (Wildman–Crippen LogP) is 5.53. The summed E-state index contributed by atoms with van der Waals surface area (Å²) in [5.74, 6) is 0.806. The molecule has 0 bridgehead atoms. The zero-order valence-electron chi connectivity index (χ0n) is 16.4. The summed E-state index contributed by atoms with van der Waals surface area (Å²) in [6, 6.07) is 24.2. The molecule has 1 heterocycles. The summed E-state index contributed by atoms with van der Waals surface area (Å²) < 4.78 is 29.0. The molecule has 1 aliphatic heterocycles. The molecular weight excluding hydrogens is 410 g/mol. The van der Waals surface area contributed by atoms with Crippen LogP contribution in [0.25, 0.3) is 21.5 Å². The van der Waals surface area contributed by atoms with E-state index >= 15 is 0 Å². The number of benzene rings is 4. The van der Waals surface area contributed by atoms with Crippen LogP contribution in [-0.4, -0.2) is 25.0 Å². The average Bonchev–Trinajstić information content (AvgIpc) is 3.43. The van der Waals surface area contributed by atoms with Crippen molar-refractivity contribution in [3.8, 4) is 0 Å². The van der Waals surface area contributed by atoms with E-state index in [9.17, 15) is 8.42 Å². The van der Waals surface area contributed by atoms with Crippen LogP contribution < -0.4 is 0 Å². The summed E-state index contributed by atoms with van der Waals surface area (Å²) >= 11 is 1.72. The Hall–Kier alpha value is -2.34. The highest BCUT2D eigenvalue weighted by atomic mass is 32.2. The van der Waals surface area contributed by atoms with Crippen molar-refractivity contribution in [2.75, 3.05) is 12.3 Å². The molecule has 0 amide bonds. The van der Waals surface area contributed by atoms with Crippen LogP contribution in [0.1, 0.15) is 22.1 Å². The summed E-state index contributed by atoms with van der Waals surface area (Å²) in [7, 11) is -3.59. The number of hydrogen-bond donors (Lipinski definition) is 0. The highest BCUT2D eigenvalue weighted by molar-refractivity contribution is 8.01. The van der Waals surface area contributed by atoms with Crippen LogP contribution >= 0.6 is 11.8 Å². The molecular formula is C25H21NO2S2. The first-order valence-electron chi connectivity index (χ1n) is 10.3. The maximum Gasteiger partial charge on any atom is 0.244 e. The van der Waals surface area contributed by atoms with E-state index in [4.69, 9.17) is 0 Å². The molecule has 0 unspecified atom stereocenters. The van der Waals surface area contributed by atoms with Crippen LogP contribution in [0.3, 0.4) is 0 Å². The lowest BCUT2D eigenvalue weighted by Crippen LogP contribution is -2.30. The molecule has 4 aromatic carbocycles. The van der Waals surface area contributed by atoms with Crippen LogP contribution in [0.5, 0.6) is 0 Å². The number of hydrogen-bond acceptors (Lipinski definition) is 3. The van der Waals surface area contributed by atoms with Crippen molar-refractivity contribution >= 4 is 43.3 Å². The van der Waals surface area contributed by atoms with Gasteiger partial charge in [0.15, 0.2) is 0 Å². The smallest absolute Gasteiger partial charge is 0.207 e. The normalized spacial score (nSPS) is 19.1. The largest absolute Gasteiger partial charge is 0.244 e. The minimum atomic E-state index is -3.59. The maximum atomic E-state index is 13.7. The van der Waals surface area contributed by atoms with Crippen LogP contribution in [0.4, 0.5) is 0 Å². The van der Waals surface area contributed by atoms with Gasteiger partial charge in [-0.2, -0.15) is 4.31 Å². The Kier molecular flexibility index (Phi) is 4.20. The highest BCUT2D eigenvalue weighted by Crippen LogP contribution is 2.45. The van der Waals surface area contributed by atoms with Crippen LogP contribution in [0.2, 0.25) is 0 Å². The van der Waals surface area contributed by atoms with Gasteiger partial charge in [0.05, 0.1) is 10.3 Å². The van der Waals surface area contributed by atoms with Gasteiger partial charge in [-0.15, -0.1) is 11.8 Å². The van der Waals surface area contributed by atoms with Gasteiger partial charge < -0.3 is 0 Å². The topological polar surface area (TPSA) is 37.4 Å². The summed E-state index contributed by atoms with van der Waals surface area (Å²) in [5.41, 5.74) is 3.89. The van der Waals surface area contributed by atoms with Gasteiger partial charge in [-0.05, 0) is 63.2 Å². The van der Waals surface area contributed by atoms with Crippen molar-refractivity contribution < 1.29 is 8.42 Å². The molecule has 0 N–H and O–H groups in total. The molecule has 30 heavy (non-hydrogen) atoms. The summed E-state index contributed by atoms with van der Waals surface area (Å²) in [4.78, 5) is 0.375. The number of rotatable bonds is 3.